The molecule has 0 spiro atoms. The number of hydrogen-bond acceptors (Lipinski definition) is 8. The molecule has 0 unspecified atom stereocenters. The van der Waals surface area contributed by atoms with Crippen molar-refractivity contribution >= 4 is 23.4 Å². The predicted octanol–water partition coefficient (Wildman–Crippen LogP) is 1.98. The van der Waals surface area contributed by atoms with Crippen LogP contribution in [0.2, 0.25) is 0 Å². The standard InChI is InChI=1S/C17H21N3O5S/c1-5-12-15(26-20-19-12)17(22)25-10(2)16(21)18-9-11-6-7-13(23-3)14(8-11)24-4/h6-8,10H,5,9H2,1-4H3,(H,18,21)/t10-/m0/s1. The highest BCUT2D eigenvalue weighted by molar-refractivity contribution is 7.07. The number of aryl methyl sites for hydroxylation is 1. The molecule has 1 aromatic carbocycles. The van der Waals surface area contributed by atoms with E-state index >= 15 is 0 Å². The topological polar surface area (TPSA) is 99.6 Å². The van der Waals surface area contributed by atoms with Gasteiger partial charge in [0.2, 0.25) is 0 Å². The van der Waals surface area contributed by atoms with Crippen molar-refractivity contribution in [3.05, 3.63) is 34.3 Å². The second kappa shape index (κ2) is 9.14. The Bertz CT molecular complexity index is 778. The number of amides is 1. The zero-order valence-corrected chi connectivity index (χ0v) is 15.9. The van der Waals surface area contributed by atoms with Gasteiger partial charge in [0, 0.05) is 6.54 Å². The summed E-state index contributed by atoms with van der Waals surface area (Å²) in [6, 6.07) is 5.34. The summed E-state index contributed by atoms with van der Waals surface area (Å²) in [6.07, 6.45) is -0.365. The summed E-state index contributed by atoms with van der Waals surface area (Å²) in [5.74, 6) is 0.188. The molecule has 0 bridgehead atoms. The number of nitrogens with one attached hydrogen (secondary N) is 1. The van der Waals surface area contributed by atoms with E-state index in [0.717, 1.165) is 17.1 Å². The maximum absolute atomic E-state index is 12.2. The van der Waals surface area contributed by atoms with E-state index in [1.807, 2.05) is 13.0 Å². The molecule has 26 heavy (non-hydrogen) atoms. The van der Waals surface area contributed by atoms with Crippen LogP contribution in [0.15, 0.2) is 18.2 Å². The molecule has 0 saturated heterocycles. The van der Waals surface area contributed by atoms with E-state index in [4.69, 9.17) is 14.2 Å². The van der Waals surface area contributed by atoms with Crippen molar-refractivity contribution < 1.29 is 23.8 Å². The number of methoxy groups -OCH3 is 2. The molecule has 0 aliphatic rings. The second-order valence-electron chi connectivity index (χ2n) is 5.36. The molecule has 2 rings (SSSR count). The van der Waals surface area contributed by atoms with Gasteiger partial charge < -0.3 is 19.5 Å². The molecule has 0 aliphatic heterocycles. The van der Waals surface area contributed by atoms with Gasteiger partial charge in [0.1, 0.15) is 0 Å². The van der Waals surface area contributed by atoms with Crippen LogP contribution in [0.3, 0.4) is 0 Å². The number of benzene rings is 1. The van der Waals surface area contributed by atoms with Gasteiger partial charge in [-0.25, -0.2) is 4.79 Å². The maximum atomic E-state index is 12.2. The van der Waals surface area contributed by atoms with Gasteiger partial charge in [0.05, 0.1) is 19.9 Å². The Hall–Kier alpha value is -2.68. The minimum absolute atomic E-state index is 0.267. The Morgan fingerprint density at radius 2 is 1.96 bits per heavy atom. The minimum atomic E-state index is -0.936. The Morgan fingerprint density at radius 1 is 1.23 bits per heavy atom. The second-order valence-corrected chi connectivity index (χ2v) is 6.11. The summed E-state index contributed by atoms with van der Waals surface area (Å²) in [6.45, 7) is 3.65. The Morgan fingerprint density at radius 3 is 2.62 bits per heavy atom. The van der Waals surface area contributed by atoms with Crippen LogP contribution >= 0.6 is 11.5 Å². The molecule has 9 heteroatoms. The third-order valence-corrected chi connectivity index (χ3v) is 4.39. The molecule has 0 saturated carbocycles. The fraction of sp³-hybridized carbons (Fsp3) is 0.412. The Kier molecular flexibility index (Phi) is 6.90. The van der Waals surface area contributed by atoms with Crippen LogP contribution in [0.5, 0.6) is 11.5 Å². The average Bonchev–Trinajstić information content (AvgIpc) is 3.14. The maximum Gasteiger partial charge on any atom is 0.352 e. The van der Waals surface area contributed by atoms with Crippen LogP contribution in [-0.2, 0) is 22.5 Å². The lowest BCUT2D eigenvalue weighted by Gasteiger charge is -2.14. The van der Waals surface area contributed by atoms with E-state index in [1.165, 1.54) is 6.92 Å². The quantitative estimate of drug-likeness (QED) is 0.700. The van der Waals surface area contributed by atoms with Gasteiger partial charge in [0.25, 0.3) is 5.91 Å². The number of hydrogen-bond donors (Lipinski definition) is 1. The first kappa shape index (κ1) is 19.6. The molecular formula is C17H21N3O5S. The zero-order chi connectivity index (χ0) is 19.1. The largest absolute Gasteiger partial charge is 0.493 e. The predicted molar refractivity (Wildman–Crippen MR) is 95.6 cm³/mol. The van der Waals surface area contributed by atoms with Crippen molar-refractivity contribution in [2.75, 3.05) is 14.2 Å². The van der Waals surface area contributed by atoms with Gasteiger partial charge in [-0.15, -0.1) is 5.10 Å². The van der Waals surface area contributed by atoms with Crippen molar-refractivity contribution in [1.29, 1.82) is 0 Å². The van der Waals surface area contributed by atoms with Crippen LogP contribution < -0.4 is 14.8 Å². The highest BCUT2D eigenvalue weighted by Gasteiger charge is 2.22. The van der Waals surface area contributed by atoms with Crippen molar-refractivity contribution in [2.45, 2.75) is 32.9 Å². The fourth-order valence-corrected chi connectivity index (χ4v) is 2.82. The van der Waals surface area contributed by atoms with Gasteiger partial charge in [-0.1, -0.05) is 17.5 Å². The SMILES string of the molecule is CCc1nnsc1C(=O)O[C@@H](C)C(=O)NCc1ccc(OC)c(OC)c1. The molecule has 1 amide bonds. The van der Waals surface area contributed by atoms with Gasteiger partial charge in [-0.3, -0.25) is 4.79 Å². The molecule has 0 aliphatic carbocycles. The number of nitrogens with zero attached hydrogens (tertiary/aromatic N) is 2. The highest BCUT2D eigenvalue weighted by atomic mass is 32.1. The van der Waals surface area contributed by atoms with E-state index in [-0.39, 0.29) is 6.54 Å². The number of carbonyl (C=O) groups is 2. The molecule has 0 radical (unpaired) electrons. The highest BCUT2D eigenvalue weighted by Crippen LogP contribution is 2.27. The fourth-order valence-electron chi connectivity index (χ4n) is 2.19. The number of ether oxygens (including phenoxy) is 3. The molecule has 1 N–H and O–H groups in total. The van der Waals surface area contributed by atoms with Crippen molar-refractivity contribution in [3.63, 3.8) is 0 Å². The van der Waals surface area contributed by atoms with Gasteiger partial charge in [-0.2, -0.15) is 0 Å². The first-order chi connectivity index (χ1) is 12.5. The van der Waals surface area contributed by atoms with Gasteiger partial charge >= 0.3 is 5.97 Å². The lowest BCUT2D eigenvalue weighted by atomic mass is 10.2. The number of carbonyl (C=O) groups excluding carboxylic acids is 2. The lowest BCUT2D eigenvalue weighted by Crippen LogP contribution is -2.35. The average molecular weight is 379 g/mol. The van der Waals surface area contributed by atoms with Gasteiger partial charge in [0.15, 0.2) is 22.5 Å². The van der Waals surface area contributed by atoms with Crippen molar-refractivity contribution in [3.8, 4) is 11.5 Å². The summed E-state index contributed by atoms with van der Waals surface area (Å²) < 4.78 is 19.3. The molecule has 1 heterocycles. The van der Waals surface area contributed by atoms with E-state index in [2.05, 4.69) is 14.9 Å². The molecule has 2 aromatic rings. The van der Waals surface area contributed by atoms with Crippen molar-refractivity contribution in [2.24, 2.45) is 0 Å². The van der Waals surface area contributed by atoms with E-state index in [1.54, 1.807) is 26.4 Å². The summed E-state index contributed by atoms with van der Waals surface area (Å²) >= 11 is 0.961. The monoisotopic (exact) mass is 379 g/mol. The molecule has 140 valence electrons. The smallest absolute Gasteiger partial charge is 0.352 e. The minimum Gasteiger partial charge on any atom is -0.493 e. The molecule has 0 fully saturated rings. The van der Waals surface area contributed by atoms with E-state index < -0.39 is 18.0 Å². The van der Waals surface area contributed by atoms with Crippen LogP contribution in [-0.4, -0.2) is 41.8 Å². The molecule has 1 atom stereocenters. The van der Waals surface area contributed by atoms with Crippen LogP contribution in [0.25, 0.3) is 0 Å². The molecular weight excluding hydrogens is 358 g/mol. The zero-order valence-electron chi connectivity index (χ0n) is 15.1. The lowest BCUT2D eigenvalue weighted by molar-refractivity contribution is -0.129. The summed E-state index contributed by atoms with van der Waals surface area (Å²) in [7, 11) is 3.10. The number of esters is 1. The van der Waals surface area contributed by atoms with Crippen LogP contribution in [0, 0.1) is 0 Å². The summed E-state index contributed by atoms with van der Waals surface area (Å²) in [5.41, 5.74) is 1.40. The number of aromatic nitrogens is 2. The third kappa shape index (κ3) is 4.69. The third-order valence-electron chi connectivity index (χ3n) is 3.64. The van der Waals surface area contributed by atoms with Crippen LogP contribution in [0.1, 0.15) is 34.8 Å². The Labute approximate surface area is 155 Å². The molecule has 8 nitrogen and oxygen atoms in total. The first-order valence-electron chi connectivity index (χ1n) is 8.00. The number of rotatable bonds is 8. The summed E-state index contributed by atoms with van der Waals surface area (Å²) in [4.78, 5) is 24.6. The van der Waals surface area contributed by atoms with E-state index in [0.29, 0.717) is 28.5 Å². The normalized spacial score (nSPS) is 11.5. The molecule has 1 aromatic heterocycles. The van der Waals surface area contributed by atoms with Crippen LogP contribution in [0.4, 0.5) is 0 Å². The van der Waals surface area contributed by atoms with E-state index in [9.17, 15) is 9.59 Å². The Balaban J connectivity index is 1.92. The van der Waals surface area contributed by atoms with Crippen molar-refractivity contribution in [1.82, 2.24) is 14.9 Å². The van der Waals surface area contributed by atoms with Gasteiger partial charge in [-0.05, 0) is 42.6 Å². The first-order valence-corrected chi connectivity index (χ1v) is 8.78. The summed E-state index contributed by atoms with van der Waals surface area (Å²) in [5, 5.41) is 6.59.